The van der Waals surface area contributed by atoms with Crippen LogP contribution >= 0.6 is 0 Å². The third kappa shape index (κ3) is 3.66. The zero-order chi connectivity index (χ0) is 18.6. The molecular formula is C20H27N3O3. The van der Waals surface area contributed by atoms with Crippen molar-refractivity contribution in [3.8, 4) is 0 Å². The number of pyridine rings is 1. The third-order valence-electron chi connectivity index (χ3n) is 5.24. The van der Waals surface area contributed by atoms with Crippen molar-refractivity contribution in [3.63, 3.8) is 0 Å². The Morgan fingerprint density at radius 1 is 1.31 bits per heavy atom. The summed E-state index contributed by atoms with van der Waals surface area (Å²) in [5.74, 6) is -0.348. The highest BCUT2D eigenvalue weighted by molar-refractivity contribution is 6.04. The molecular weight excluding hydrogens is 330 g/mol. The molecule has 140 valence electrons. The van der Waals surface area contributed by atoms with Gasteiger partial charge in [-0.15, -0.1) is 0 Å². The zero-order valence-electron chi connectivity index (χ0n) is 15.7. The van der Waals surface area contributed by atoms with Gasteiger partial charge in [0.1, 0.15) is 5.56 Å². The highest BCUT2D eigenvalue weighted by Crippen LogP contribution is 2.30. The monoisotopic (exact) mass is 357 g/mol. The second-order valence-corrected chi connectivity index (χ2v) is 6.87. The lowest BCUT2D eigenvalue weighted by Crippen LogP contribution is -2.53. The van der Waals surface area contributed by atoms with E-state index in [0.717, 1.165) is 49.2 Å². The van der Waals surface area contributed by atoms with Crippen LogP contribution in [0, 0.1) is 0 Å². The van der Waals surface area contributed by atoms with Crippen LogP contribution < -0.4 is 5.32 Å². The quantitative estimate of drug-likeness (QED) is 0.802. The topological polar surface area (TPSA) is 63.7 Å². The molecule has 2 heterocycles. The molecule has 26 heavy (non-hydrogen) atoms. The van der Waals surface area contributed by atoms with E-state index in [-0.39, 0.29) is 11.5 Å². The number of rotatable bonds is 6. The summed E-state index contributed by atoms with van der Waals surface area (Å²) in [6.07, 6.45) is 3.50. The molecule has 1 fully saturated rings. The second-order valence-electron chi connectivity index (χ2n) is 6.87. The van der Waals surface area contributed by atoms with Crippen LogP contribution in [0.5, 0.6) is 0 Å². The largest absolute Gasteiger partial charge is 0.462 e. The van der Waals surface area contributed by atoms with Crippen LogP contribution in [0.4, 0.5) is 5.69 Å². The number of anilines is 1. The van der Waals surface area contributed by atoms with Gasteiger partial charge in [0, 0.05) is 36.9 Å². The molecule has 1 aromatic heterocycles. The van der Waals surface area contributed by atoms with E-state index in [1.807, 2.05) is 31.2 Å². The summed E-state index contributed by atoms with van der Waals surface area (Å²) in [7, 11) is 4.20. The van der Waals surface area contributed by atoms with E-state index in [2.05, 4.69) is 29.3 Å². The number of benzene rings is 1. The summed E-state index contributed by atoms with van der Waals surface area (Å²) in [5.41, 5.74) is 2.12. The van der Waals surface area contributed by atoms with E-state index in [1.165, 1.54) is 0 Å². The molecule has 3 rings (SSSR count). The summed E-state index contributed by atoms with van der Waals surface area (Å²) in [4.78, 5) is 19.1. The number of aromatic nitrogens is 1. The fraction of sp³-hybridized carbons (Fsp3) is 0.500. The molecule has 0 saturated carbocycles. The summed E-state index contributed by atoms with van der Waals surface area (Å²) < 4.78 is 10.8. The number of likely N-dealkylation sites (N-methyl/N-ethyl adjacent to an activating group) is 1. The smallest absolute Gasteiger partial charge is 0.341 e. The number of nitrogens with zero attached hydrogens (tertiary/aromatic N) is 2. The van der Waals surface area contributed by atoms with Crippen LogP contribution in [-0.4, -0.2) is 61.9 Å². The minimum absolute atomic E-state index is 0.00540. The maximum Gasteiger partial charge on any atom is 0.341 e. The number of carbonyl (C=O) groups is 1. The minimum Gasteiger partial charge on any atom is -0.462 e. The van der Waals surface area contributed by atoms with Gasteiger partial charge in [0.05, 0.1) is 17.8 Å². The summed E-state index contributed by atoms with van der Waals surface area (Å²) in [6.45, 7) is 4.37. The van der Waals surface area contributed by atoms with Gasteiger partial charge in [-0.05, 0) is 39.9 Å². The first-order chi connectivity index (χ1) is 12.6. The van der Waals surface area contributed by atoms with Crippen molar-refractivity contribution in [2.45, 2.75) is 25.3 Å². The molecule has 1 saturated heterocycles. The molecule has 6 heteroatoms. The molecule has 1 aromatic carbocycles. The standard InChI is InChI=1S/C20H27N3O3/c1-4-26-19(24)16-13-21-17-8-6-5-7-15(17)18(16)22-14-20(23(2)3)9-11-25-12-10-20/h5-8,13H,4,9-12,14H2,1-3H3,(H,21,22). The number of esters is 1. The van der Waals surface area contributed by atoms with Gasteiger partial charge in [-0.2, -0.15) is 0 Å². The molecule has 1 aliphatic rings. The van der Waals surface area contributed by atoms with Gasteiger partial charge in [0.2, 0.25) is 0 Å². The summed E-state index contributed by atoms with van der Waals surface area (Å²) >= 11 is 0. The first-order valence-corrected chi connectivity index (χ1v) is 9.11. The van der Waals surface area contributed by atoms with Crippen LogP contribution in [-0.2, 0) is 9.47 Å². The van der Waals surface area contributed by atoms with E-state index in [0.29, 0.717) is 12.2 Å². The highest BCUT2D eigenvalue weighted by Gasteiger charge is 2.35. The Morgan fingerprint density at radius 2 is 2.04 bits per heavy atom. The average molecular weight is 357 g/mol. The van der Waals surface area contributed by atoms with Gasteiger partial charge in [-0.1, -0.05) is 18.2 Å². The van der Waals surface area contributed by atoms with E-state index in [9.17, 15) is 4.79 Å². The molecule has 0 aliphatic carbocycles. The SMILES string of the molecule is CCOC(=O)c1cnc2ccccc2c1NCC1(N(C)C)CCOCC1. The maximum absolute atomic E-state index is 12.4. The Hall–Kier alpha value is -2.18. The van der Waals surface area contributed by atoms with Crippen LogP contribution in [0.1, 0.15) is 30.1 Å². The highest BCUT2D eigenvalue weighted by atomic mass is 16.5. The van der Waals surface area contributed by atoms with Crippen molar-refractivity contribution in [1.29, 1.82) is 0 Å². The predicted molar refractivity (Wildman–Crippen MR) is 103 cm³/mol. The lowest BCUT2D eigenvalue weighted by Gasteiger charge is -2.43. The van der Waals surface area contributed by atoms with E-state index < -0.39 is 0 Å². The fourth-order valence-electron chi connectivity index (χ4n) is 3.48. The van der Waals surface area contributed by atoms with Gasteiger partial charge in [-0.3, -0.25) is 4.98 Å². The van der Waals surface area contributed by atoms with Crippen LogP contribution in [0.3, 0.4) is 0 Å². The molecule has 0 bridgehead atoms. The molecule has 1 aliphatic heterocycles. The molecule has 1 N–H and O–H groups in total. The average Bonchev–Trinajstić information content (AvgIpc) is 2.66. The lowest BCUT2D eigenvalue weighted by molar-refractivity contribution is -0.000642. The van der Waals surface area contributed by atoms with Crippen LogP contribution in [0.15, 0.2) is 30.5 Å². The van der Waals surface area contributed by atoms with Crippen molar-refractivity contribution in [2.75, 3.05) is 45.8 Å². The van der Waals surface area contributed by atoms with Gasteiger partial charge in [-0.25, -0.2) is 4.79 Å². The fourth-order valence-corrected chi connectivity index (χ4v) is 3.48. The van der Waals surface area contributed by atoms with E-state index >= 15 is 0 Å². The van der Waals surface area contributed by atoms with Gasteiger partial charge in [0.15, 0.2) is 0 Å². The molecule has 0 radical (unpaired) electrons. The number of hydrogen-bond donors (Lipinski definition) is 1. The number of carbonyl (C=O) groups excluding carboxylic acids is 1. The number of nitrogens with one attached hydrogen (secondary N) is 1. The maximum atomic E-state index is 12.4. The van der Waals surface area contributed by atoms with Crippen molar-refractivity contribution in [2.24, 2.45) is 0 Å². The summed E-state index contributed by atoms with van der Waals surface area (Å²) in [6, 6.07) is 7.84. The Balaban J connectivity index is 1.96. The Kier molecular flexibility index (Phi) is 5.74. The number of ether oxygens (including phenoxy) is 2. The number of hydrogen-bond acceptors (Lipinski definition) is 6. The van der Waals surface area contributed by atoms with Crippen LogP contribution in [0.25, 0.3) is 10.9 Å². The first-order valence-electron chi connectivity index (χ1n) is 9.11. The molecule has 0 atom stereocenters. The Morgan fingerprint density at radius 3 is 2.73 bits per heavy atom. The molecule has 0 unspecified atom stereocenters. The van der Waals surface area contributed by atoms with Crippen molar-refractivity contribution in [3.05, 3.63) is 36.0 Å². The normalized spacial score (nSPS) is 16.6. The van der Waals surface area contributed by atoms with Crippen molar-refractivity contribution < 1.29 is 14.3 Å². The third-order valence-corrected chi connectivity index (χ3v) is 5.24. The van der Waals surface area contributed by atoms with Crippen LogP contribution in [0.2, 0.25) is 0 Å². The Bertz CT molecular complexity index is 770. The van der Waals surface area contributed by atoms with Gasteiger partial charge >= 0.3 is 5.97 Å². The summed E-state index contributed by atoms with van der Waals surface area (Å²) in [5, 5.41) is 4.48. The Labute approximate surface area is 154 Å². The zero-order valence-corrected chi connectivity index (χ0v) is 15.7. The predicted octanol–water partition coefficient (Wildman–Crippen LogP) is 2.93. The van der Waals surface area contributed by atoms with Crippen molar-refractivity contribution >= 4 is 22.6 Å². The van der Waals surface area contributed by atoms with E-state index in [1.54, 1.807) is 6.20 Å². The second kappa shape index (κ2) is 8.01. The van der Waals surface area contributed by atoms with Gasteiger partial charge in [0.25, 0.3) is 0 Å². The van der Waals surface area contributed by atoms with Crippen molar-refractivity contribution in [1.82, 2.24) is 9.88 Å². The first kappa shape index (κ1) is 18.6. The molecule has 6 nitrogen and oxygen atoms in total. The number of para-hydroxylation sites is 1. The lowest BCUT2D eigenvalue weighted by atomic mass is 9.88. The molecule has 2 aromatic rings. The van der Waals surface area contributed by atoms with E-state index in [4.69, 9.17) is 9.47 Å². The molecule has 0 amide bonds. The number of fused-ring (bicyclic) bond motifs is 1. The molecule has 0 spiro atoms. The minimum atomic E-state index is -0.348. The van der Waals surface area contributed by atoms with Gasteiger partial charge < -0.3 is 19.7 Å².